The van der Waals surface area contributed by atoms with Crippen molar-refractivity contribution in [3.05, 3.63) is 28.7 Å². The minimum atomic E-state index is 0.634. The van der Waals surface area contributed by atoms with E-state index in [1.165, 1.54) is 0 Å². The average molecular weight is 158 g/mol. The summed E-state index contributed by atoms with van der Waals surface area (Å²) in [7, 11) is 0. The van der Waals surface area contributed by atoms with Crippen LogP contribution < -0.4 is 15.4 Å². The van der Waals surface area contributed by atoms with E-state index in [0.717, 1.165) is 22.1 Å². The number of aromatic nitrogens is 1. The van der Waals surface area contributed by atoms with Gasteiger partial charge in [-0.25, -0.2) is 4.98 Å². The maximum absolute atomic E-state index is 5.32. The zero-order chi connectivity index (χ0) is 7.97. The largest absolute Gasteiger partial charge is 0.487 e. The van der Waals surface area contributed by atoms with Crippen LogP contribution >= 0.6 is 0 Å². The van der Waals surface area contributed by atoms with Crippen molar-refractivity contribution in [2.45, 2.75) is 0 Å². The van der Waals surface area contributed by atoms with Gasteiger partial charge in [-0.05, 0) is 12.2 Å². The average Bonchev–Trinajstić information content (AvgIpc) is 2.64. The van der Waals surface area contributed by atoms with Crippen molar-refractivity contribution in [1.29, 1.82) is 0 Å². The predicted octanol–water partition coefficient (Wildman–Crippen LogP) is -0.142. The highest BCUT2D eigenvalue weighted by atomic mass is 16.5. The third kappa shape index (κ3) is 0.652. The van der Waals surface area contributed by atoms with Crippen LogP contribution in [-0.4, -0.2) is 11.6 Å². The highest BCUT2D eigenvalue weighted by Gasteiger charge is 2.08. The normalized spacial score (nSPS) is 16.0. The fourth-order valence-electron chi connectivity index (χ4n) is 1.40. The monoisotopic (exact) mass is 158 g/mol. The molecule has 2 aliphatic rings. The maximum Gasteiger partial charge on any atom is 0.147 e. The first-order chi connectivity index (χ1) is 5.93. The van der Waals surface area contributed by atoms with Crippen molar-refractivity contribution >= 4 is 12.2 Å². The molecule has 3 heteroatoms. The van der Waals surface area contributed by atoms with Gasteiger partial charge in [0.2, 0.25) is 0 Å². The van der Waals surface area contributed by atoms with E-state index in [4.69, 9.17) is 4.74 Å². The second-order valence-corrected chi connectivity index (χ2v) is 2.74. The molecule has 1 aromatic heterocycles. The summed E-state index contributed by atoms with van der Waals surface area (Å²) in [6, 6.07) is 1.93. The van der Waals surface area contributed by atoms with Gasteiger partial charge in [0, 0.05) is 12.3 Å². The van der Waals surface area contributed by atoms with Crippen molar-refractivity contribution in [1.82, 2.24) is 4.98 Å². The summed E-state index contributed by atoms with van der Waals surface area (Å²) in [6.07, 6.45) is 5.64. The van der Waals surface area contributed by atoms with Crippen molar-refractivity contribution < 1.29 is 4.74 Å². The first-order valence-electron chi connectivity index (χ1n) is 3.82. The van der Waals surface area contributed by atoms with Crippen LogP contribution in [0.5, 0.6) is 5.75 Å². The molecule has 0 saturated heterocycles. The standard InChI is InChI=1S/C9H6N2O/c1-3-10-8-5-9-7(2-4-12-9)11-6(1)8/h1-3,5H,4H2. The Kier molecular flexibility index (Phi) is 0.961. The molecule has 0 unspecified atom stereocenters. The van der Waals surface area contributed by atoms with E-state index in [1.54, 1.807) is 6.20 Å². The molecule has 0 spiro atoms. The third-order valence-corrected chi connectivity index (χ3v) is 1.99. The summed E-state index contributed by atoms with van der Waals surface area (Å²) in [5.74, 6) is 0.848. The zero-order valence-electron chi connectivity index (χ0n) is 6.32. The lowest BCUT2D eigenvalue weighted by Crippen LogP contribution is -2.15. The molecule has 3 nitrogen and oxygen atoms in total. The van der Waals surface area contributed by atoms with Gasteiger partial charge in [-0.3, -0.25) is 4.99 Å². The van der Waals surface area contributed by atoms with E-state index in [2.05, 4.69) is 9.98 Å². The molecule has 2 aliphatic heterocycles. The van der Waals surface area contributed by atoms with E-state index in [1.807, 2.05) is 18.2 Å². The number of fused-ring (bicyclic) bond motifs is 2. The molecule has 0 N–H and O–H groups in total. The van der Waals surface area contributed by atoms with E-state index >= 15 is 0 Å². The molecule has 1 aromatic rings. The van der Waals surface area contributed by atoms with Crippen molar-refractivity contribution in [3.63, 3.8) is 0 Å². The fourth-order valence-corrected chi connectivity index (χ4v) is 1.40. The Morgan fingerprint density at radius 2 is 2.42 bits per heavy atom. The summed E-state index contributed by atoms with van der Waals surface area (Å²) in [4.78, 5) is 8.51. The maximum atomic E-state index is 5.32. The number of hydrogen-bond donors (Lipinski definition) is 0. The van der Waals surface area contributed by atoms with Gasteiger partial charge in [-0.1, -0.05) is 0 Å². The number of rotatable bonds is 0. The molecule has 0 atom stereocenters. The molecule has 0 amide bonds. The second-order valence-electron chi connectivity index (χ2n) is 2.74. The van der Waals surface area contributed by atoms with E-state index in [9.17, 15) is 0 Å². The Hall–Kier alpha value is -1.64. The molecule has 3 rings (SSSR count). The van der Waals surface area contributed by atoms with Crippen molar-refractivity contribution in [2.75, 3.05) is 6.61 Å². The molecule has 0 aromatic carbocycles. The lowest BCUT2D eigenvalue weighted by atomic mass is 10.3. The Morgan fingerprint density at radius 3 is 3.42 bits per heavy atom. The molecule has 0 radical (unpaired) electrons. The summed E-state index contributed by atoms with van der Waals surface area (Å²) in [6.45, 7) is 0.634. The van der Waals surface area contributed by atoms with Gasteiger partial charge in [-0.15, -0.1) is 0 Å². The van der Waals surface area contributed by atoms with Gasteiger partial charge in [0.15, 0.2) is 0 Å². The molecule has 3 heterocycles. The first-order valence-corrected chi connectivity index (χ1v) is 3.82. The van der Waals surface area contributed by atoms with E-state index < -0.39 is 0 Å². The van der Waals surface area contributed by atoms with Crippen LogP contribution in [0.3, 0.4) is 0 Å². The lowest BCUT2D eigenvalue weighted by Gasteiger charge is -1.95. The first kappa shape index (κ1) is 5.94. The smallest absolute Gasteiger partial charge is 0.147 e. The van der Waals surface area contributed by atoms with Crippen molar-refractivity contribution in [3.8, 4) is 5.75 Å². The summed E-state index contributed by atoms with van der Waals surface area (Å²) < 4.78 is 5.32. The predicted molar refractivity (Wildman–Crippen MR) is 44.0 cm³/mol. The Balaban J connectivity index is 2.45. The summed E-state index contributed by atoms with van der Waals surface area (Å²) in [5, 5.41) is 1.85. The number of pyridine rings is 1. The van der Waals surface area contributed by atoms with E-state index in [-0.39, 0.29) is 0 Å². The molecule has 12 heavy (non-hydrogen) atoms. The molecule has 0 fully saturated rings. The van der Waals surface area contributed by atoms with Gasteiger partial charge in [0.1, 0.15) is 17.7 Å². The van der Waals surface area contributed by atoms with Crippen LogP contribution in [0.4, 0.5) is 0 Å². The van der Waals surface area contributed by atoms with E-state index in [0.29, 0.717) is 6.61 Å². The zero-order valence-corrected chi connectivity index (χ0v) is 6.32. The Morgan fingerprint density at radius 1 is 1.42 bits per heavy atom. The van der Waals surface area contributed by atoms with Crippen LogP contribution in [0.25, 0.3) is 12.2 Å². The highest BCUT2D eigenvalue weighted by Crippen LogP contribution is 2.06. The Bertz CT molecular complexity index is 488. The molecule has 58 valence electrons. The molecular formula is C9H6N2O. The second kappa shape index (κ2) is 1.94. The topological polar surface area (TPSA) is 34.5 Å². The Labute approximate surface area is 68.7 Å². The molecule has 0 saturated carbocycles. The van der Waals surface area contributed by atoms with Gasteiger partial charge < -0.3 is 4.74 Å². The SMILES string of the molecule is C1=Cc2nc3c(cc2=N1)OCC=3. The quantitative estimate of drug-likeness (QED) is 0.526. The highest BCUT2D eigenvalue weighted by molar-refractivity contribution is 5.50. The van der Waals surface area contributed by atoms with Crippen LogP contribution in [0.15, 0.2) is 17.3 Å². The third-order valence-electron chi connectivity index (χ3n) is 1.99. The van der Waals surface area contributed by atoms with Gasteiger partial charge in [-0.2, -0.15) is 0 Å². The minimum Gasteiger partial charge on any atom is -0.487 e. The molecule has 0 bridgehead atoms. The van der Waals surface area contributed by atoms with Crippen LogP contribution in [0.2, 0.25) is 0 Å². The van der Waals surface area contributed by atoms with Gasteiger partial charge in [0.25, 0.3) is 0 Å². The summed E-state index contributed by atoms with van der Waals surface area (Å²) in [5.41, 5.74) is 0.940. The van der Waals surface area contributed by atoms with Crippen molar-refractivity contribution in [2.24, 2.45) is 4.99 Å². The lowest BCUT2D eigenvalue weighted by molar-refractivity contribution is 0.384. The minimum absolute atomic E-state index is 0.634. The summed E-state index contributed by atoms with van der Waals surface area (Å²) >= 11 is 0. The van der Waals surface area contributed by atoms with Gasteiger partial charge in [0.05, 0.1) is 11.1 Å². The molecule has 0 aliphatic carbocycles. The van der Waals surface area contributed by atoms with Crippen LogP contribution in [-0.2, 0) is 0 Å². The van der Waals surface area contributed by atoms with Crippen LogP contribution in [0.1, 0.15) is 5.69 Å². The molecular weight excluding hydrogens is 152 g/mol. The van der Waals surface area contributed by atoms with Gasteiger partial charge >= 0.3 is 0 Å². The number of ether oxygens (including phenoxy) is 1. The van der Waals surface area contributed by atoms with Crippen LogP contribution in [0, 0.1) is 0 Å². The fraction of sp³-hybridized carbons (Fsp3) is 0.111. The number of hydrogen-bond acceptors (Lipinski definition) is 3. The number of nitrogens with zero attached hydrogens (tertiary/aromatic N) is 2.